The third-order valence-electron chi connectivity index (χ3n) is 3.04. The number of carbonyl (C=O) groups excluding carboxylic acids is 1. The molecule has 4 nitrogen and oxygen atoms in total. The lowest BCUT2D eigenvalue weighted by Crippen LogP contribution is -2.30. The Kier molecular flexibility index (Phi) is 7.17. The molecule has 0 aliphatic carbocycles. The van der Waals surface area contributed by atoms with E-state index < -0.39 is 0 Å². The summed E-state index contributed by atoms with van der Waals surface area (Å²) in [4.78, 5) is 10.9. The molecule has 4 heteroatoms. The van der Waals surface area contributed by atoms with E-state index in [-0.39, 0.29) is 5.91 Å². The van der Waals surface area contributed by atoms with Crippen LogP contribution in [-0.2, 0) is 9.53 Å². The van der Waals surface area contributed by atoms with Gasteiger partial charge in [0.25, 0.3) is 0 Å². The third kappa shape index (κ3) is 6.08. The largest absolute Gasteiger partial charge is 0.381 e. The summed E-state index contributed by atoms with van der Waals surface area (Å²) < 4.78 is 5.52. The lowest BCUT2D eigenvalue weighted by molar-refractivity contribution is -0.120. The predicted octanol–water partition coefficient (Wildman–Crippen LogP) is 0.919. The van der Waals surface area contributed by atoms with Crippen LogP contribution < -0.4 is 10.6 Å². The van der Waals surface area contributed by atoms with Crippen LogP contribution in [0.2, 0.25) is 0 Å². The van der Waals surface area contributed by atoms with E-state index in [1.807, 2.05) is 0 Å². The van der Waals surface area contributed by atoms with Crippen molar-refractivity contribution in [2.75, 3.05) is 33.4 Å². The Morgan fingerprint density at radius 2 is 2.38 bits per heavy atom. The summed E-state index contributed by atoms with van der Waals surface area (Å²) in [7, 11) is 1.67. The minimum absolute atomic E-state index is 0.0973. The van der Waals surface area contributed by atoms with Gasteiger partial charge in [0.2, 0.25) is 5.91 Å². The van der Waals surface area contributed by atoms with E-state index in [0.29, 0.717) is 13.0 Å². The van der Waals surface area contributed by atoms with E-state index >= 15 is 0 Å². The van der Waals surface area contributed by atoms with Gasteiger partial charge in [0.05, 0.1) is 0 Å². The van der Waals surface area contributed by atoms with Crippen LogP contribution >= 0.6 is 0 Å². The highest BCUT2D eigenvalue weighted by atomic mass is 16.5. The van der Waals surface area contributed by atoms with Gasteiger partial charge in [0.1, 0.15) is 0 Å². The van der Waals surface area contributed by atoms with E-state index in [0.717, 1.165) is 31.9 Å². The van der Waals surface area contributed by atoms with Crippen LogP contribution in [0.3, 0.4) is 0 Å². The Hall–Kier alpha value is -0.610. The summed E-state index contributed by atoms with van der Waals surface area (Å²) in [5, 5.41) is 6.01. The molecule has 1 rings (SSSR count). The number of hydrogen-bond donors (Lipinski definition) is 2. The molecule has 1 heterocycles. The first kappa shape index (κ1) is 13.5. The number of hydrogen-bond acceptors (Lipinski definition) is 3. The van der Waals surface area contributed by atoms with Gasteiger partial charge < -0.3 is 15.4 Å². The Morgan fingerprint density at radius 3 is 3.06 bits per heavy atom. The molecular weight excluding hydrogens is 204 g/mol. The number of ether oxygens (including phenoxy) is 1. The molecule has 1 aliphatic heterocycles. The first-order valence-corrected chi connectivity index (χ1v) is 6.32. The van der Waals surface area contributed by atoms with Crippen LogP contribution in [0.5, 0.6) is 0 Å². The quantitative estimate of drug-likeness (QED) is 0.637. The van der Waals surface area contributed by atoms with Crippen LogP contribution in [0.1, 0.15) is 32.1 Å². The van der Waals surface area contributed by atoms with Gasteiger partial charge in [0.15, 0.2) is 0 Å². The van der Waals surface area contributed by atoms with Crippen molar-refractivity contribution < 1.29 is 9.53 Å². The van der Waals surface area contributed by atoms with Gasteiger partial charge >= 0.3 is 0 Å². The van der Waals surface area contributed by atoms with Gasteiger partial charge in [-0.2, -0.15) is 0 Å². The lowest BCUT2D eigenvalue weighted by Gasteiger charge is -2.22. The fraction of sp³-hybridized carbons (Fsp3) is 0.917. The minimum Gasteiger partial charge on any atom is -0.381 e. The van der Waals surface area contributed by atoms with Crippen molar-refractivity contribution in [3.63, 3.8) is 0 Å². The molecule has 0 aromatic carbocycles. The minimum atomic E-state index is 0.0973. The fourth-order valence-electron chi connectivity index (χ4n) is 1.98. The summed E-state index contributed by atoms with van der Waals surface area (Å²) >= 11 is 0. The van der Waals surface area contributed by atoms with E-state index in [1.165, 1.54) is 19.4 Å². The van der Waals surface area contributed by atoms with Gasteiger partial charge in [-0.1, -0.05) is 0 Å². The lowest BCUT2D eigenvalue weighted by atomic mass is 9.97. The molecule has 0 aromatic rings. The predicted molar refractivity (Wildman–Crippen MR) is 64.3 cm³/mol. The average molecular weight is 228 g/mol. The standard InChI is InChI=1S/C12H24N2O2/c1-13-12(15)5-3-8-16-9-6-11-4-2-7-14-10-11/h11,14H,2-10H2,1H3,(H,13,15). The second kappa shape index (κ2) is 8.53. The van der Waals surface area contributed by atoms with Crippen molar-refractivity contribution in [1.29, 1.82) is 0 Å². The molecule has 94 valence electrons. The van der Waals surface area contributed by atoms with Crippen molar-refractivity contribution in [2.24, 2.45) is 5.92 Å². The monoisotopic (exact) mass is 228 g/mol. The maximum Gasteiger partial charge on any atom is 0.219 e. The summed E-state index contributed by atoms with van der Waals surface area (Å²) in [6, 6.07) is 0. The van der Waals surface area contributed by atoms with Gasteiger partial charge in [0, 0.05) is 26.7 Å². The number of piperidine rings is 1. The smallest absolute Gasteiger partial charge is 0.219 e. The van der Waals surface area contributed by atoms with Crippen LogP contribution in [-0.4, -0.2) is 39.3 Å². The first-order valence-electron chi connectivity index (χ1n) is 6.32. The van der Waals surface area contributed by atoms with E-state index in [4.69, 9.17) is 4.74 Å². The van der Waals surface area contributed by atoms with Gasteiger partial charge in [-0.15, -0.1) is 0 Å². The maximum atomic E-state index is 10.9. The second-order valence-electron chi connectivity index (χ2n) is 4.39. The highest BCUT2D eigenvalue weighted by Gasteiger charge is 2.11. The number of rotatable bonds is 7. The van der Waals surface area contributed by atoms with Crippen molar-refractivity contribution in [3.8, 4) is 0 Å². The van der Waals surface area contributed by atoms with Crippen LogP contribution in [0.25, 0.3) is 0 Å². The zero-order valence-corrected chi connectivity index (χ0v) is 10.3. The summed E-state index contributed by atoms with van der Waals surface area (Å²) in [6.07, 6.45) is 5.16. The number of amides is 1. The molecule has 0 radical (unpaired) electrons. The summed E-state index contributed by atoms with van der Waals surface area (Å²) in [6.45, 7) is 3.85. The molecule has 0 bridgehead atoms. The fourth-order valence-corrected chi connectivity index (χ4v) is 1.98. The molecule has 0 saturated carbocycles. The van der Waals surface area contributed by atoms with Crippen LogP contribution in [0.15, 0.2) is 0 Å². The van der Waals surface area contributed by atoms with Crippen LogP contribution in [0, 0.1) is 5.92 Å². The van der Waals surface area contributed by atoms with Crippen molar-refractivity contribution in [3.05, 3.63) is 0 Å². The van der Waals surface area contributed by atoms with Gasteiger partial charge in [-0.25, -0.2) is 0 Å². The Balaban J connectivity index is 1.85. The number of nitrogens with one attached hydrogen (secondary N) is 2. The molecule has 1 saturated heterocycles. The molecule has 0 aromatic heterocycles. The molecule has 1 amide bonds. The second-order valence-corrected chi connectivity index (χ2v) is 4.39. The normalized spacial score (nSPS) is 20.7. The van der Waals surface area contributed by atoms with Crippen molar-refractivity contribution in [2.45, 2.75) is 32.1 Å². The van der Waals surface area contributed by atoms with Crippen molar-refractivity contribution >= 4 is 5.91 Å². The topological polar surface area (TPSA) is 50.4 Å². The van der Waals surface area contributed by atoms with E-state index in [9.17, 15) is 4.79 Å². The Bertz CT molecular complexity index is 191. The van der Waals surface area contributed by atoms with Crippen LogP contribution in [0.4, 0.5) is 0 Å². The van der Waals surface area contributed by atoms with E-state index in [2.05, 4.69) is 10.6 Å². The third-order valence-corrected chi connectivity index (χ3v) is 3.04. The molecule has 1 atom stereocenters. The first-order chi connectivity index (χ1) is 7.83. The van der Waals surface area contributed by atoms with E-state index in [1.54, 1.807) is 7.05 Å². The SMILES string of the molecule is CNC(=O)CCCOCCC1CCCNC1. The molecule has 16 heavy (non-hydrogen) atoms. The summed E-state index contributed by atoms with van der Waals surface area (Å²) in [5.74, 6) is 0.882. The molecular formula is C12H24N2O2. The zero-order chi connectivity index (χ0) is 11.6. The van der Waals surface area contributed by atoms with Crippen molar-refractivity contribution in [1.82, 2.24) is 10.6 Å². The highest BCUT2D eigenvalue weighted by Crippen LogP contribution is 2.13. The molecule has 1 aliphatic rings. The molecule has 1 unspecified atom stereocenters. The number of carbonyl (C=O) groups is 1. The summed E-state index contributed by atoms with van der Waals surface area (Å²) in [5.41, 5.74) is 0. The Labute approximate surface area is 98.1 Å². The highest BCUT2D eigenvalue weighted by molar-refractivity contribution is 5.75. The van der Waals surface area contributed by atoms with Gasteiger partial charge in [-0.05, 0) is 44.7 Å². The average Bonchev–Trinajstić information content (AvgIpc) is 2.34. The maximum absolute atomic E-state index is 10.9. The van der Waals surface area contributed by atoms with Gasteiger partial charge in [-0.3, -0.25) is 4.79 Å². The molecule has 2 N–H and O–H groups in total. The zero-order valence-electron chi connectivity index (χ0n) is 10.3. The Morgan fingerprint density at radius 1 is 1.50 bits per heavy atom. The molecule has 1 fully saturated rings. The molecule has 0 spiro atoms.